The van der Waals surface area contributed by atoms with Crippen LogP contribution in [-0.2, 0) is 30.7 Å². The number of fused-ring (bicyclic) bond motifs is 1. The van der Waals surface area contributed by atoms with Crippen molar-refractivity contribution in [2.45, 2.75) is 38.8 Å². The zero-order valence-electron chi connectivity index (χ0n) is 11.1. The third-order valence-electron chi connectivity index (χ3n) is 3.49. The predicted molar refractivity (Wildman–Crippen MR) is 75.8 cm³/mol. The minimum Gasteiger partial charge on any atom is -0.467 e. The molecule has 1 aliphatic rings. The van der Waals surface area contributed by atoms with Gasteiger partial charge in [-0.05, 0) is 37.8 Å². The molecule has 2 aromatic rings. The van der Waals surface area contributed by atoms with Crippen LogP contribution in [0.5, 0.6) is 0 Å². The molecule has 0 spiro atoms. The Hall–Kier alpha value is -1.82. The molecule has 0 radical (unpaired) electrons. The van der Waals surface area contributed by atoms with Crippen LogP contribution in [0.2, 0.25) is 0 Å². The number of nitrogens with one attached hydrogen (secondary N) is 1. The van der Waals surface area contributed by atoms with Gasteiger partial charge >= 0.3 is 4.87 Å². The van der Waals surface area contributed by atoms with Gasteiger partial charge in [-0.2, -0.15) is 0 Å². The van der Waals surface area contributed by atoms with Gasteiger partial charge in [0.1, 0.15) is 12.3 Å². The van der Waals surface area contributed by atoms with E-state index in [-0.39, 0.29) is 17.3 Å². The summed E-state index contributed by atoms with van der Waals surface area (Å²) >= 11 is 1.28. The normalized spacial score (nSPS) is 14.0. The topological polar surface area (TPSA) is 64.2 Å². The van der Waals surface area contributed by atoms with Gasteiger partial charge in [0, 0.05) is 10.6 Å². The molecule has 0 saturated carbocycles. The zero-order chi connectivity index (χ0) is 13.9. The number of carbonyl (C=O) groups excluding carboxylic acids is 1. The van der Waals surface area contributed by atoms with Crippen molar-refractivity contribution in [3.8, 4) is 0 Å². The number of nitrogens with zero attached hydrogens (tertiary/aromatic N) is 1. The summed E-state index contributed by atoms with van der Waals surface area (Å²) in [5.74, 6) is 0.549. The molecule has 5 nitrogen and oxygen atoms in total. The molecule has 2 heterocycles. The third-order valence-corrected chi connectivity index (χ3v) is 4.57. The van der Waals surface area contributed by atoms with E-state index in [0.29, 0.717) is 12.3 Å². The van der Waals surface area contributed by atoms with E-state index >= 15 is 0 Å². The molecule has 1 amide bonds. The monoisotopic (exact) mass is 292 g/mol. The molecule has 0 atom stereocenters. The van der Waals surface area contributed by atoms with E-state index in [4.69, 9.17) is 4.42 Å². The maximum Gasteiger partial charge on any atom is 0.308 e. The maximum atomic E-state index is 12.0. The second-order valence-corrected chi connectivity index (χ2v) is 5.93. The lowest BCUT2D eigenvalue weighted by Gasteiger charge is -2.13. The Bertz CT molecular complexity index is 655. The average Bonchev–Trinajstić information content (AvgIpc) is 3.06. The summed E-state index contributed by atoms with van der Waals surface area (Å²) in [6.07, 6.45) is 5.67. The zero-order valence-corrected chi connectivity index (χ0v) is 11.9. The number of hydrogen-bond donors (Lipinski definition) is 1. The van der Waals surface area contributed by atoms with Gasteiger partial charge in [0.2, 0.25) is 5.91 Å². The molecule has 0 aromatic carbocycles. The molecule has 0 unspecified atom stereocenters. The minimum absolute atomic E-state index is 0.0231. The molecule has 0 bridgehead atoms. The molecule has 20 heavy (non-hydrogen) atoms. The molecule has 106 valence electrons. The van der Waals surface area contributed by atoms with Gasteiger partial charge in [-0.1, -0.05) is 11.3 Å². The van der Waals surface area contributed by atoms with Crippen molar-refractivity contribution in [1.29, 1.82) is 0 Å². The van der Waals surface area contributed by atoms with E-state index < -0.39 is 0 Å². The lowest BCUT2D eigenvalue weighted by Crippen LogP contribution is -2.31. The van der Waals surface area contributed by atoms with Crippen molar-refractivity contribution >= 4 is 17.2 Å². The Balaban J connectivity index is 1.67. The van der Waals surface area contributed by atoms with E-state index in [1.54, 1.807) is 23.0 Å². The van der Waals surface area contributed by atoms with Gasteiger partial charge in [0.25, 0.3) is 0 Å². The molecular weight excluding hydrogens is 276 g/mol. The van der Waals surface area contributed by atoms with Crippen LogP contribution >= 0.6 is 11.3 Å². The molecule has 0 fully saturated rings. The number of carbonyl (C=O) groups is 1. The molecule has 1 N–H and O–H groups in total. The van der Waals surface area contributed by atoms with Crippen LogP contribution in [0.15, 0.2) is 27.6 Å². The largest absolute Gasteiger partial charge is 0.467 e. The number of thiazole rings is 1. The summed E-state index contributed by atoms with van der Waals surface area (Å²) < 4.78 is 6.77. The molecule has 2 aromatic heterocycles. The third kappa shape index (κ3) is 2.70. The molecule has 6 heteroatoms. The van der Waals surface area contributed by atoms with Crippen molar-refractivity contribution in [3.05, 3.63) is 44.4 Å². The second-order valence-electron chi connectivity index (χ2n) is 4.89. The van der Waals surface area contributed by atoms with Crippen LogP contribution in [0.3, 0.4) is 0 Å². The van der Waals surface area contributed by atoms with Crippen molar-refractivity contribution in [2.24, 2.45) is 0 Å². The van der Waals surface area contributed by atoms with Crippen molar-refractivity contribution in [3.63, 3.8) is 0 Å². The summed E-state index contributed by atoms with van der Waals surface area (Å²) in [5, 5.41) is 2.77. The summed E-state index contributed by atoms with van der Waals surface area (Å²) in [5.41, 5.74) is 1.05. The van der Waals surface area contributed by atoms with Crippen molar-refractivity contribution in [2.75, 3.05) is 0 Å². The van der Waals surface area contributed by atoms with E-state index in [1.165, 1.54) is 11.3 Å². The highest BCUT2D eigenvalue weighted by atomic mass is 32.1. The Morgan fingerprint density at radius 2 is 2.25 bits per heavy atom. The number of amides is 1. The predicted octanol–water partition coefficient (Wildman–Crippen LogP) is 1.70. The van der Waals surface area contributed by atoms with E-state index in [9.17, 15) is 9.59 Å². The van der Waals surface area contributed by atoms with Gasteiger partial charge in [-0.15, -0.1) is 0 Å². The van der Waals surface area contributed by atoms with E-state index in [2.05, 4.69) is 5.32 Å². The van der Waals surface area contributed by atoms with Crippen LogP contribution in [0.1, 0.15) is 29.2 Å². The number of furan rings is 1. The lowest BCUT2D eigenvalue weighted by atomic mass is 10.0. The average molecular weight is 292 g/mol. The van der Waals surface area contributed by atoms with Crippen molar-refractivity contribution < 1.29 is 9.21 Å². The van der Waals surface area contributed by atoms with Gasteiger partial charge in [-0.3, -0.25) is 14.2 Å². The van der Waals surface area contributed by atoms with Gasteiger partial charge in [0.15, 0.2) is 0 Å². The number of hydrogen-bond acceptors (Lipinski definition) is 4. The van der Waals surface area contributed by atoms with Gasteiger partial charge in [0.05, 0.1) is 12.8 Å². The van der Waals surface area contributed by atoms with Crippen LogP contribution in [0, 0.1) is 0 Å². The summed E-state index contributed by atoms with van der Waals surface area (Å²) in [6, 6.07) is 3.58. The summed E-state index contributed by atoms with van der Waals surface area (Å²) in [6.45, 7) is 0.457. The minimum atomic E-state index is -0.158. The molecule has 1 aliphatic carbocycles. The highest BCUT2D eigenvalue weighted by molar-refractivity contribution is 7.09. The maximum absolute atomic E-state index is 12.0. The van der Waals surface area contributed by atoms with Crippen molar-refractivity contribution in [1.82, 2.24) is 9.88 Å². The van der Waals surface area contributed by atoms with E-state index in [1.807, 2.05) is 0 Å². The number of aromatic nitrogens is 1. The molecular formula is C14H16N2O3S. The SMILES string of the molecule is O=C(Cn1c2c(sc1=O)CCCC2)NCc1ccco1. The Kier molecular flexibility index (Phi) is 3.73. The van der Waals surface area contributed by atoms with Crippen LogP contribution in [-0.4, -0.2) is 10.5 Å². The van der Waals surface area contributed by atoms with Gasteiger partial charge < -0.3 is 9.73 Å². The van der Waals surface area contributed by atoms with E-state index in [0.717, 1.165) is 36.3 Å². The first-order chi connectivity index (χ1) is 9.74. The Labute approximate surface area is 120 Å². The quantitative estimate of drug-likeness (QED) is 0.933. The first-order valence-corrected chi connectivity index (χ1v) is 7.56. The summed E-state index contributed by atoms with van der Waals surface area (Å²) in [4.78, 5) is 25.0. The fourth-order valence-electron chi connectivity index (χ4n) is 2.49. The molecule has 0 aliphatic heterocycles. The highest BCUT2D eigenvalue weighted by Crippen LogP contribution is 2.23. The fraction of sp³-hybridized carbons (Fsp3) is 0.429. The van der Waals surface area contributed by atoms with Crippen LogP contribution < -0.4 is 10.2 Å². The summed E-state index contributed by atoms with van der Waals surface area (Å²) in [7, 11) is 0. The smallest absolute Gasteiger partial charge is 0.308 e. The van der Waals surface area contributed by atoms with Crippen LogP contribution in [0.25, 0.3) is 0 Å². The number of rotatable bonds is 4. The van der Waals surface area contributed by atoms with Crippen LogP contribution in [0.4, 0.5) is 0 Å². The number of aryl methyl sites for hydroxylation is 1. The first kappa shape index (κ1) is 13.2. The molecule has 0 saturated heterocycles. The second kappa shape index (κ2) is 5.66. The standard InChI is InChI=1S/C14H16N2O3S/c17-13(15-8-10-4-3-7-19-10)9-16-11-5-1-2-6-12(11)20-14(16)18/h3-4,7H,1-2,5-6,8-9H2,(H,15,17). The molecule has 3 rings (SSSR count). The Morgan fingerprint density at radius 3 is 3.05 bits per heavy atom. The lowest BCUT2D eigenvalue weighted by molar-refractivity contribution is -0.122. The Morgan fingerprint density at radius 1 is 1.40 bits per heavy atom. The highest BCUT2D eigenvalue weighted by Gasteiger charge is 2.19. The first-order valence-electron chi connectivity index (χ1n) is 6.74. The fourth-order valence-corrected chi connectivity index (χ4v) is 3.56. The van der Waals surface area contributed by atoms with Gasteiger partial charge in [-0.25, -0.2) is 0 Å².